The maximum absolute atomic E-state index is 12.9. The van der Waals surface area contributed by atoms with Crippen molar-refractivity contribution in [3.8, 4) is 11.3 Å². The predicted octanol–water partition coefficient (Wildman–Crippen LogP) is 4.53. The van der Waals surface area contributed by atoms with Gasteiger partial charge in [-0.15, -0.1) is 11.3 Å². The van der Waals surface area contributed by atoms with Crippen molar-refractivity contribution >= 4 is 34.4 Å². The average Bonchev–Trinajstić information content (AvgIpc) is 3.54. The molecule has 4 aromatic rings. The summed E-state index contributed by atoms with van der Waals surface area (Å²) in [5.41, 5.74) is 9.53. The van der Waals surface area contributed by atoms with Gasteiger partial charge in [-0.1, -0.05) is 37.5 Å². The number of carbonyl (C=O) groups excluding carboxylic acids is 2. The fourth-order valence-electron chi connectivity index (χ4n) is 4.50. The third kappa shape index (κ3) is 4.31. The number of carbonyl (C=O) groups is 2. The van der Waals surface area contributed by atoms with E-state index < -0.39 is 6.04 Å². The summed E-state index contributed by atoms with van der Waals surface area (Å²) < 4.78 is 1.66. The van der Waals surface area contributed by atoms with E-state index in [1.165, 1.54) is 17.8 Å². The van der Waals surface area contributed by atoms with E-state index in [1.807, 2.05) is 41.8 Å². The lowest BCUT2D eigenvalue weighted by atomic mass is 9.84. The van der Waals surface area contributed by atoms with Crippen molar-refractivity contribution in [3.05, 3.63) is 70.7 Å². The zero-order valence-electron chi connectivity index (χ0n) is 18.1. The molecule has 0 spiro atoms. The average molecular weight is 460 g/mol. The van der Waals surface area contributed by atoms with Crippen LogP contribution in [-0.2, 0) is 4.79 Å². The molecule has 0 aliphatic heterocycles. The first-order valence-corrected chi connectivity index (χ1v) is 12.1. The topological polar surface area (TPSA) is 102 Å². The van der Waals surface area contributed by atoms with Crippen molar-refractivity contribution in [2.24, 2.45) is 11.7 Å². The summed E-state index contributed by atoms with van der Waals surface area (Å²) >= 11 is 1.39. The minimum atomic E-state index is -0.501. The van der Waals surface area contributed by atoms with E-state index in [4.69, 9.17) is 5.73 Å². The van der Waals surface area contributed by atoms with Gasteiger partial charge in [0, 0.05) is 17.4 Å². The molecular weight excluding hydrogens is 434 g/mol. The van der Waals surface area contributed by atoms with Crippen LogP contribution in [0.3, 0.4) is 0 Å². The highest BCUT2D eigenvalue weighted by molar-refractivity contribution is 7.12. The molecule has 0 saturated heterocycles. The number of anilines is 1. The van der Waals surface area contributed by atoms with Crippen molar-refractivity contribution in [1.82, 2.24) is 14.6 Å². The summed E-state index contributed by atoms with van der Waals surface area (Å²) in [6, 6.07) is 12.5. The molecule has 1 fully saturated rings. The first kappa shape index (κ1) is 21.5. The molecule has 5 rings (SSSR count). The number of hydrogen-bond acceptors (Lipinski definition) is 6. The second kappa shape index (κ2) is 9.25. The van der Waals surface area contributed by atoms with Crippen LogP contribution in [0.15, 0.2) is 60.2 Å². The number of ketones is 1. The molecule has 1 aliphatic carbocycles. The molecule has 1 saturated carbocycles. The zero-order chi connectivity index (χ0) is 22.8. The Kier molecular flexibility index (Phi) is 6.02. The summed E-state index contributed by atoms with van der Waals surface area (Å²) in [6.07, 6.45) is 8.75. The first-order valence-electron chi connectivity index (χ1n) is 11.2. The van der Waals surface area contributed by atoms with E-state index in [2.05, 4.69) is 15.4 Å². The number of nitrogens with zero attached hydrogens (tertiary/aromatic N) is 3. The van der Waals surface area contributed by atoms with Gasteiger partial charge < -0.3 is 11.1 Å². The molecule has 0 unspecified atom stereocenters. The number of hydrogen-bond donors (Lipinski definition) is 2. The Bertz CT molecular complexity index is 1290. The van der Waals surface area contributed by atoms with Crippen LogP contribution in [0.1, 0.15) is 47.3 Å². The second-order valence-corrected chi connectivity index (χ2v) is 9.37. The van der Waals surface area contributed by atoms with Crippen LogP contribution in [0, 0.1) is 5.92 Å². The molecular formula is C25H25N5O2S. The molecule has 3 heterocycles. The van der Waals surface area contributed by atoms with Crippen molar-refractivity contribution in [3.63, 3.8) is 0 Å². The molecule has 3 aromatic heterocycles. The van der Waals surface area contributed by atoms with Crippen LogP contribution >= 0.6 is 11.3 Å². The number of fused-ring (bicyclic) bond motifs is 1. The molecule has 0 radical (unpaired) electrons. The number of rotatable bonds is 6. The van der Waals surface area contributed by atoms with E-state index in [9.17, 15) is 9.59 Å². The SMILES string of the molecule is N[C@@H](C(=O)Nc1cccc(-c2ccnc3c(C(=O)c4cccs4)cnn23)c1)C1CCCCC1. The van der Waals surface area contributed by atoms with Gasteiger partial charge in [-0.05, 0) is 48.4 Å². The number of thiophene rings is 1. The fraction of sp³-hybridized carbons (Fsp3) is 0.280. The molecule has 8 heteroatoms. The Morgan fingerprint density at radius 2 is 1.97 bits per heavy atom. The van der Waals surface area contributed by atoms with Gasteiger partial charge in [0.15, 0.2) is 5.65 Å². The van der Waals surface area contributed by atoms with Gasteiger partial charge in [-0.2, -0.15) is 5.10 Å². The number of benzene rings is 1. The molecule has 1 aliphatic rings. The summed E-state index contributed by atoms with van der Waals surface area (Å²) in [4.78, 5) is 30.7. The molecule has 1 atom stereocenters. The molecule has 0 bridgehead atoms. The molecule has 7 nitrogen and oxygen atoms in total. The van der Waals surface area contributed by atoms with Gasteiger partial charge >= 0.3 is 0 Å². The van der Waals surface area contributed by atoms with Crippen molar-refractivity contribution < 1.29 is 9.59 Å². The smallest absolute Gasteiger partial charge is 0.241 e. The lowest BCUT2D eigenvalue weighted by Crippen LogP contribution is -2.42. The Morgan fingerprint density at radius 3 is 2.76 bits per heavy atom. The third-order valence-electron chi connectivity index (χ3n) is 6.28. The molecule has 3 N–H and O–H groups in total. The Labute approximate surface area is 195 Å². The second-order valence-electron chi connectivity index (χ2n) is 8.42. The molecule has 1 amide bonds. The summed E-state index contributed by atoms with van der Waals surface area (Å²) in [6.45, 7) is 0. The van der Waals surface area contributed by atoms with Gasteiger partial charge in [0.1, 0.15) is 0 Å². The normalized spacial score (nSPS) is 15.4. The number of aromatic nitrogens is 3. The van der Waals surface area contributed by atoms with E-state index in [-0.39, 0.29) is 17.6 Å². The highest BCUT2D eigenvalue weighted by Gasteiger charge is 2.26. The monoisotopic (exact) mass is 459 g/mol. The van der Waals surface area contributed by atoms with Gasteiger partial charge in [-0.25, -0.2) is 9.50 Å². The Morgan fingerprint density at radius 1 is 1.12 bits per heavy atom. The van der Waals surface area contributed by atoms with Crippen LogP contribution in [0.25, 0.3) is 16.9 Å². The summed E-state index contributed by atoms with van der Waals surface area (Å²) in [7, 11) is 0. The van der Waals surface area contributed by atoms with Crippen molar-refractivity contribution in [2.75, 3.05) is 5.32 Å². The van der Waals surface area contributed by atoms with E-state index in [0.717, 1.165) is 36.9 Å². The maximum atomic E-state index is 12.9. The third-order valence-corrected chi connectivity index (χ3v) is 7.15. The highest BCUT2D eigenvalue weighted by atomic mass is 32.1. The van der Waals surface area contributed by atoms with Crippen LogP contribution in [0.5, 0.6) is 0 Å². The number of amides is 1. The molecule has 168 valence electrons. The zero-order valence-corrected chi connectivity index (χ0v) is 18.9. The fourth-order valence-corrected chi connectivity index (χ4v) is 5.18. The summed E-state index contributed by atoms with van der Waals surface area (Å²) in [5.74, 6) is -0.00524. The van der Waals surface area contributed by atoms with Crippen molar-refractivity contribution in [1.29, 1.82) is 0 Å². The number of nitrogens with one attached hydrogen (secondary N) is 1. The lowest BCUT2D eigenvalue weighted by Gasteiger charge is -2.26. The van der Waals surface area contributed by atoms with Gasteiger partial charge in [0.05, 0.1) is 28.4 Å². The van der Waals surface area contributed by atoms with Crippen LogP contribution in [0.2, 0.25) is 0 Å². The highest BCUT2D eigenvalue weighted by Crippen LogP contribution is 2.28. The Hall–Kier alpha value is -3.36. The predicted molar refractivity (Wildman–Crippen MR) is 129 cm³/mol. The van der Waals surface area contributed by atoms with E-state index in [1.54, 1.807) is 23.0 Å². The standard InChI is InChI=1S/C25H25N5O2S/c26-22(16-6-2-1-3-7-16)25(32)29-18-9-4-8-17(14-18)20-11-12-27-24-19(15-28-30(20)24)23(31)21-10-5-13-33-21/h4-5,8-16,22H,1-3,6-7,26H2,(H,29,32)/t22-/m1/s1. The largest absolute Gasteiger partial charge is 0.325 e. The van der Waals surface area contributed by atoms with E-state index in [0.29, 0.717) is 21.8 Å². The maximum Gasteiger partial charge on any atom is 0.241 e. The number of nitrogens with two attached hydrogens (primary N) is 1. The molecule has 33 heavy (non-hydrogen) atoms. The van der Waals surface area contributed by atoms with Gasteiger partial charge in [0.2, 0.25) is 11.7 Å². The molecule has 1 aromatic carbocycles. The van der Waals surface area contributed by atoms with Crippen LogP contribution in [-0.4, -0.2) is 32.3 Å². The summed E-state index contributed by atoms with van der Waals surface area (Å²) in [5, 5.41) is 9.29. The first-order chi connectivity index (χ1) is 16.1. The van der Waals surface area contributed by atoms with Gasteiger partial charge in [0.25, 0.3) is 0 Å². The van der Waals surface area contributed by atoms with Crippen molar-refractivity contribution in [2.45, 2.75) is 38.1 Å². The van der Waals surface area contributed by atoms with Crippen LogP contribution < -0.4 is 11.1 Å². The Balaban J connectivity index is 1.41. The lowest BCUT2D eigenvalue weighted by molar-refractivity contribution is -0.118. The quantitative estimate of drug-likeness (QED) is 0.412. The van der Waals surface area contributed by atoms with Crippen LogP contribution in [0.4, 0.5) is 5.69 Å². The van der Waals surface area contributed by atoms with Gasteiger partial charge in [-0.3, -0.25) is 9.59 Å². The minimum absolute atomic E-state index is 0.0950. The van der Waals surface area contributed by atoms with E-state index >= 15 is 0 Å². The minimum Gasteiger partial charge on any atom is -0.325 e.